The SMILES string of the molecule is N#CCCN(C(=O)CCC(=O)Nc1cccc(NC(=O)C2CC2)c1)c1ccccc1. The van der Waals surface area contributed by atoms with Crippen LogP contribution in [-0.4, -0.2) is 24.3 Å². The zero-order valence-corrected chi connectivity index (χ0v) is 16.6. The third-order valence-corrected chi connectivity index (χ3v) is 4.74. The Bertz CT molecular complexity index is 948. The number of anilines is 3. The highest BCUT2D eigenvalue weighted by atomic mass is 16.2. The van der Waals surface area contributed by atoms with Crippen molar-refractivity contribution in [3.05, 3.63) is 54.6 Å². The first-order valence-electron chi connectivity index (χ1n) is 10.00. The third-order valence-electron chi connectivity index (χ3n) is 4.74. The van der Waals surface area contributed by atoms with Gasteiger partial charge in [-0.05, 0) is 43.2 Å². The van der Waals surface area contributed by atoms with Crippen LogP contribution in [0.3, 0.4) is 0 Å². The lowest BCUT2D eigenvalue weighted by atomic mass is 10.2. The first-order chi connectivity index (χ1) is 14.6. The van der Waals surface area contributed by atoms with Crippen LogP contribution in [0.2, 0.25) is 0 Å². The Labute approximate surface area is 175 Å². The summed E-state index contributed by atoms with van der Waals surface area (Å²) in [6, 6.07) is 18.1. The predicted molar refractivity (Wildman–Crippen MR) is 115 cm³/mol. The van der Waals surface area contributed by atoms with Gasteiger partial charge in [-0.2, -0.15) is 5.26 Å². The van der Waals surface area contributed by atoms with E-state index >= 15 is 0 Å². The Balaban J connectivity index is 1.53. The molecule has 0 unspecified atom stereocenters. The number of carbonyl (C=O) groups is 3. The van der Waals surface area contributed by atoms with Gasteiger partial charge in [-0.25, -0.2) is 0 Å². The Morgan fingerprint density at radius 2 is 1.67 bits per heavy atom. The molecule has 3 rings (SSSR count). The molecule has 0 radical (unpaired) electrons. The fraction of sp³-hybridized carbons (Fsp3) is 0.304. The maximum Gasteiger partial charge on any atom is 0.227 e. The van der Waals surface area contributed by atoms with Crippen LogP contribution < -0.4 is 15.5 Å². The van der Waals surface area contributed by atoms with Gasteiger partial charge in [-0.15, -0.1) is 0 Å². The molecule has 3 amide bonds. The summed E-state index contributed by atoms with van der Waals surface area (Å²) in [6.07, 6.45) is 2.11. The number of benzene rings is 2. The van der Waals surface area contributed by atoms with Crippen molar-refractivity contribution in [2.45, 2.75) is 32.1 Å². The number of carbonyl (C=O) groups excluding carboxylic acids is 3. The van der Waals surface area contributed by atoms with Crippen molar-refractivity contribution in [1.82, 2.24) is 0 Å². The van der Waals surface area contributed by atoms with Gasteiger partial charge in [0.1, 0.15) is 0 Å². The molecule has 7 nitrogen and oxygen atoms in total. The molecule has 0 heterocycles. The molecule has 2 aromatic carbocycles. The molecular formula is C23H24N4O3. The average molecular weight is 404 g/mol. The Hall–Kier alpha value is -3.66. The van der Waals surface area contributed by atoms with Gasteiger partial charge in [0, 0.05) is 42.4 Å². The molecule has 1 aliphatic carbocycles. The van der Waals surface area contributed by atoms with Gasteiger partial charge in [0.25, 0.3) is 0 Å². The lowest BCUT2D eigenvalue weighted by Crippen LogP contribution is -2.32. The van der Waals surface area contributed by atoms with Gasteiger partial charge in [0.2, 0.25) is 17.7 Å². The molecule has 0 spiro atoms. The highest BCUT2D eigenvalue weighted by Gasteiger charge is 2.29. The summed E-state index contributed by atoms with van der Waals surface area (Å²) in [4.78, 5) is 38.4. The fourth-order valence-electron chi connectivity index (χ4n) is 3.01. The van der Waals surface area contributed by atoms with E-state index in [1.54, 1.807) is 36.4 Å². The standard InChI is InChI=1S/C23H24N4O3/c24-14-5-15-27(20-8-2-1-3-9-20)22(29)13-12-21(28)25-18-6-4-7-19(16-18)26-23(30)17-10-11-17/h1-4,6-9,16-17H,5,10-13,15H2,(H,25,28)(H,26,30). The van der Waals surface area contributed by atoms with E-state index in [2.05, 4.69) is 10.6 Å². The second kappa shape index (κ2) is 10.2. The average Bonchev–Trinajstić information content (AvgIpc) is 3.59. The molecular weight excluding hydrogens is 380 g/mol. The van der Waals surface area contributed by atoms with Crippen LogP contribution in [0.4, 0.5) is 17.1 Å². The molecule has 30 heavy (non-hydrogen) atoms. The number of hydrogen-bond acceptors (Lipinski definition) is 4. The number of para-hydroxylation sites is 1. The van der Waals surface area contributed by atoms with Crippen molar-refractivity contribution in [2.24, 2.45) is 5.92 Å². The first kappa shape index (κ1) is 21.1. The molecule has 2 aromatic rings. The van der Waals surface area contributed by atoms with E-state index in [-0.39, 0.29) is 49.4 Å². The summed E-state index contributed by atoms with van der Waals surface area (Å²) in [5, 5.41) is 14.5. The number of amides is 3. The Morgan fingerprint density at radius 1 is 0.967 bits per heavy atom. The molecule has 1 fully saturated rings. The van der Waals surface area contributed by atoms with Gasteiger partial charge >= 0.3 is 0 Å². The van der Waals surface area contributed by atoms with Gasteiger partial charge in [-0.3, -0.25) is 14.4 Å². The van der Waals surface area contributed by atoms with Crippen molar-refractivity contribution in [2.75, 3.05) is 22.1 Å². The summed E-state index contributed by atoms with van der Waals surface area (Å²) in [6.45, 7) is 0.281. The maximum atomic E-state index is 12.6. The largest absolute Gasteiger partial charge is 0.326 e. The Morgan fingerprint density at radius 3 is 2.33 bits per heavy atom. The Kier molecular flexibility index (Phi) is 7.17. The van der Waals surface area contributed by atoms with Crippen LogP contribution in [0.1, 0.15) is 32.1 Å². The second-order valence-corrected chi connectivity index (χ2v) is 7.18. The molecule has 0 saturated heterocycles. The van der Waals surface area contributed by atoms with Gasteiger partial charge in [0.15, 0.2) is 0 Å². The van der Waals surface area contributed by atoms with E-state index in [1.807, 2.05) is 24.3 Å². The van der Waals surface area contributed by atoms with E-state index in [1.165, 1.54) is 4.90 Å². The predicted octanol–water partition coefficient (Wildman–Crippen LogP) is 3.70. The maximum absolute atomic E-state index is 12.6. The van der Waals surface area contributed by atoms with Crippen LogP contribution in [0, 0.1) is 17.2 Å². The second-order valence-electron chi connectivity index (χ2n) is 7.18. The van der Waals surface area contributed by atoms with E-state index < -0.39 is 0 Å². The minimum absolute atomic E-state index is 0.00226. The topological polar surface area (TPSA) is 102 Å². The van der Waals surface area contributed by atoms with Crippen LogP contribution in [0.15, 0.2) is 54.6 Å². The lowest BCUT2D eigenvalue weighted by Gasteiger charge is -2.21. The highest BCUT2D eigenvalue weighted by molar-refractivity contribution is 5.99. The van der Waals surface area contributed by atoms with Crippen molar-refractivity contribution in [3.8, 4) is 6.07 Å². The smallest absolute Gasteiger partial charge is 0.227 e. The van der Waals surface area contributed by atoms with E-state index in [9.17, 15) is 14.4 Å². The zero-order valence-electron chi connectivity index (χ0n) is 16.6. The van der Waals surface area contributed by atoms with E-state index in [0.29, 0.717) is 17.1 Å². The number of nitrogens with zero attached hydrogens (tertiary/aromatic N) is 2. The lowest BCUT2D eigenvalue weighted by molar-refractivity contribution is -0.122. The molecule has 0 atom stereocenters. The summed E-state index contributed by atoms with van der Waals surface area (Å²) in [5.74, 6) is -0.398. The molecule has 0 aliphatic heterocycles. The van der Waals surface area contributed by atoms with Crippen molar-refractivity contribution in [1.29, 1.82) is 5.26 Å². The molecule has 0 bridgehead atoms. The zero-order chi connectivity index (χ0) is 21.3. The van der Waals surface area contributed by atoms with Crippen LogP contribution in [0.5, 0.6) is 0 Å². The van der Waals surface area contributed by atoms with Crippen LogP contribution >= 0.6 is 0 Å². The summed E-state index contributed by atoms with van der Waals surface area (Å²) < 4.78 is 0. The summed E-state index contributed by atoms with van der Waals surface area (Å²) in [5.41, 5.74) is 1.90. The van der Waals surface area contributed by atoms with Crippen molar-refractivity contribution in [3.63, 3.8) is 0 Å². The third kappa shape index (κ3) is 6.17. The first-order valence-corrected chi connectivity index (χ1v) is 10.00. The minimum atomic E-state index is -0.290. The van der Waals surface area contributed by atoms with E-state index in [4.69, 9.17) is 5.26 Å². The quantitative estimate of drug-likeness (QED) is 0.665. The number of nitriles is 1. The van der Waals surface area contributed by atoms with Gasteiger partial charge < -0.3 is 15.5 Å². The molecule has 2 N–H and O–H groups in total. The van der Waals surface area contributed by atoms with E-state index in [0.717, 1.165) is 12.8 Å². The normalized spacial score (nSPS) is 12.5. The van der Waals surface area contributed by atoms with Gasteiger partial charge in [0.05, 0.1) is 12.5 Å². The fourth-order valence-corrected chi connectivity index (χ4v) is 3.01. The van der Waals surface area contributed by atoms with Crippen LogP contribution in [-0.2, 0) is 14.4 Å². The molecule has 7 heteroatoms. The molecule has 0 aromatic heterocycles. The van der Waals surface area contributed by atoms with Crippen LogP contribution in [0.25, 0.3) is 0 Å². The molecule has 154 valence electrons. The van der Waals surface area contributed by atoms with Crippen molar-refractivity contribution >= 4 is 34.8 Å². The monoisotopic (exact) mass is 404 g/mol. The molecule has 1 saturated carbocycles. The summed E-state index contributed by atoms with van der Waals surface area (Å²) >= 11 is 0. The van der Waals surface area contributed by atoms with Crippen molar-refractivity contribution < 1.29 is 14.4 Å². The summed E-state index contributed by atoms with van der Waals surface area (Å²) in [7, 11) is 0. The number of hydrogen-bond donors (Lipinski definition) is 2. The number of rotatable bonds is 9. The number of nitrogens with one attached hydrogen (secondary N) is 2. The molecule has 1 aliphatic rings. The minimum Gasteiger partial charge on any atom is -0.326 e. The van der Waals surface area contributed by atoms with Gasteiger partial charge in [-0.1, -0.05) is 24.3 Å². The highest BCUT2D eigenvalue weighted by Crippen LogP contribution is 2.30.